The Morgan fingerprint density at radius 1 is 1.33 bits per heavy atom. The van der Waals surface area contributed by atoms with Crippen molar-refractivity contribution in [1.29, 1.82) is 0 Å². The monoisotopic (exact) mass is 550 g/mol. The molecule has 1 fully saturated rings. The van der Waals surface area contributed by atoms with E-state index < -0.39 is 10.0 Å². The molecule has 11 heteroatoms. The first kappa shape index (κ1) is 24.9. The first-order valence-electron chi connectivity index (χ1n) is 8.59. The van der Waals surface area contributed by atoms with Gasteiger partial charge in [-0.3, -0.25) is 4.99 Å². The Balaban J connectivity index is 0.00000364. The summed E-state index contributed by atoms with van der Waals surface area (Å²) >= 11 is 6.83. The van der Waals surface area contributed by atoms with Gasteiger partial charge in [-0.1, -0.05) is 18.0 Å². The predicted octanol–water partition coefficient (Wildman–Crippen LogP) is 2.67. The van der Waals surface area contributed by atoms with Crippen LogP contribution in [0.2, 0.25) is 4.34 Å². The van der Waals surface area contributed by atoms with Crippen molar-refractivity contribution in [2.75, 3.05) is 40.4 Å². The Morgan fingerprint density at radius 3 is 2.59 bits per heavy atom. The molecule has 0 radical (unpaired) electrons. The normalized spacial score (nSPS) is 16.3. The molecule has 0 saturated heterocycles. The number of hydrogen-bond acceptors (Lipinski definition) is 5. The van der Waals surface area contributed by atoms with E-state index in [1.165, 1.54) is 25.3 Å². The lowest BCUT2D eigenvalue weighted by Gasteiger charge is -2.42. The van der Waals surface area contributed by atoms with Crippen LogP contribution in [0, 0.1) is 5.41 Å². The maximum atomic E-state index is 12.1. The standard InChI is InChI=1S/C16H27ClN4O3S2.HI/c1-18-15(20-12-16(6-3-7-16)8-11-24-2)19-9-10-21-26(22,23)14-5-4-13(17)25-14;/h4-5,21H,3,6-12H2,1-2H3,(H2,18,19,20);1H. The van der Waals surface area contributed by atoms with Gasteiger partial charge in [0.25, 0.3) is 0 Å². The summed E-state index contributed by atoms with van der Waals surface area (Å²) in [6.45, 7) is 2.30. The fraction of sp³-hybridized carbons (Fsp3) is 0.688. The van der Waals surface area contributed by atoms with Gasteiger partial charge >= 0.3 is 0 Å². The van der Waals surface area contributed by atoms with Crippen LogP contribution < -0.4 is 15.4 Å². The maximum Gasteiger partial charge on any atom is 0.250 e. The molecule has 7 nitrogen and oxygen atoms in total. The number of nitrogens with one attached hydrogen (secondary N) is 3. The smallest absolute Gasteiger partial charge is 0.250 e. The summed E-state index contributed by atoms with van der Waals surface area (Å²) in [6, 6.07) is 3.08. The van der Waals surface area contributed by atoms with Crippen LogP contribution >= 0.6 is 46.9 Å². The zero-order valence-electron chi connectivity index (χ0n) is 15.6. The van der Waals surface area contributed by atoms with Crippen LogP contribution in [0.5, 0.6) is 0 Å². The van der Waals surface area contributed by atoms with Gasteiger partial charge in [0.2, 0.25) is 10.0 Å². The Labute approximate surface area is 187 Å². The van der Waals surface area contributed by atoms with Crippen molar-refractivity contribution < 1.29 is 13.2 Å². The Morgan fingerprint density at radius 2 is 2.07 bits per heavy atom. The molecule has 1 saturated carbocycles. The molecule has 1 heterocycles. The fourth-order valence-electron chi connectivity index (χ4n) is 2.88. The number of methoxy groups -OCH3 is 1. The van der Waals surface area contributed by atoms with Gasteiger partial charge in [-0.15, -0.1) is 35.3 Å². The van der Waals surface area contributed by atoms with Gasteiger partial charge in [0.05, 0.1) is 4.34 Å². The number of sulfonamides is 1. The van der Waals surface area contributed by atoms with E-state index >= 15 is 0 Å². The summed E-state index contributed by atoms with van der Waals surface area (Å²) in [5.74, 6) is 0.673. The first-order valence-corrected chi connectivity index (χ1v) is 11.3. The van der Waals surface area contributed by atoms with Crippen LogP contribution in [0.4, 0.5) is 0 Å². The van der Waals surface area contributed by atoms with Crippen molar-refractivity contribution in [2.45, 2.75) is 29.9 Å². The first-order chi connectivity index (χ1) is 12.4. The van der Waals surface area contributed by atoms with Crippen molar-refractivity contribution in [1.82, 2.24) is 15.4 Å². The molecule has 27 heavy (non-hydrogen) atoms. The maximum absolute atomic E-state index is 12.1. The van der Waals surface area contributed by atoms with Crippen molar-refractivity contribution in [2.24, 2.45) is 10.4 Å². The average Bonchev–Trinajstić information content (AvgIpc) is 3.02. The van der Waals surface area contributed by atoms with E-state index in [-0.39, 0.29) is 40.1 Å². The van der Waals surface area contributed by atoms with E-state index in [9.17, 15) is 8.42 Å². The summed E-state index contributed by atoms with van der Waals surface area (Å²) in [4.78, 5) is 4.20. The molecule has 1 aromatic heterocycles. The predicted molar refractivity (Wildman–Crippen MR) is 122 cm³/mol. The highest BCUT2D eigenvalue weighted by Gasteiger charge is 2.36. The van der Waals surface area contributed by atoms with Gasteiger partial charge < -0.3 is 15.4 Å². The molecular formula is C16H28ClIN4O3S2. The van der Waals surface area contributed by atoms with Crippen molar-refractivity contribution >= 4 is 62.9 Å². The topological polar surface area (TPSA) is 91.8 Å². The Hall–Kier alpha value is -0.140. The molecule has 1 aliphatic carbocycles. The molecule has 1 aromatic rings. The minimum Gasteiger partial charge on any atom is -0.385 e. The second-order valence-corrected chi connectivity index (χ2v) is 10.1. The molecule has 0 spiro atoms. The zero-order valence-corrected chi connectivity index (χ0v) is 20.3. The fourth-order valence-corrected chi connectivity index (χ4v) is 5.44. The van der Waals surface area contributed by atoms with E-state index in [2.05, 4.69) is 20.3 Å². The molecule has 0 bridgehead atoms. The van der Waals surface area contributed by atoms with E-state index in [0.717, 1.165) is 30.9 Å². The van der Waals surface area contributed by atoms with Crippen LogP contribution in [-0.2, 0) is 14.8 Å². The van der Waals surface area contributed by atoms with Gasteiger partial charge in [-0.05, 0) is 36.8 Å². The molecule has 1 aliphatic rings. The van der Waals surface area contributed by atoms with E-state index in [1.807, 2.05) is 0 Å². The molecule has 0 unspecified atom stereocenters. The number of hydrogen-bond donors (Lipinski definition) is 3. The lowest BCUT2D eigenvalue weighted by atomic mass is 9.67. The summed E-state index contributed by atoms with van der Waals surface area (Å²) in [7, 11) is -0.0831. The molecule has 0 aliphatic heterocycles. The van der Waals surface area contributed by atoms with Crippen LogP contribution in [0.1, 0.15) is 25.7 Å². The third kappa shape index (κ3) is 7.65. The largest absolute Gasteiger partial charge is 0.385 e. The van der Waals surface area contributed by atoms with Gasteiger partial charge in [0, 0.05) is 40.4 Å². The molecule has 0 aromatic carbocycles. The van der Waals surface area contributed by atoms with Crippen molar-refractivity contribution in [3.05, 3.63) is 16.5 Å². The number of aliphatic imine (C=N–C) groups is 1. The highest BCUT2D eigenvalue weighted by molar-refractivity contribution is 14.0. The van der Waals surface area contributed by atoms with Gasteiger partial charge in [0.1, 0.15) is 4.21 Å². The van der Waals surface area contributed by atoms with E-state index in [0.29, 0.717) is 16.8 Å². The quantitative estimate of drug-likeness (QED) is 0.180. The number of guanidine groups is 1. The SMILES string of the molecule is CN=C(NCCNS(=O)(=O)c1ccc(Cl)s1)NCC1(CCOC)CCC1.I. The third-order valence-electron chi connectivity index (χ3n) is 4.63. The van der Waals surface area contributed by atoms with Crippen molar-refractivity contribution in [3.63, 3.8) is 0 Å². The number of rotatable bonds is 10. The van der Waals surface area contributed by atoms with E-state index in [1.54, 1.807) is 20.2 Å². The van der Waals surface area contributed by atoms with Crippen LogP contribution in [0.25, 0.3) is 0 Å². The second kappa shape index (κ2) is 11.8. The number of thiophene rings is 1. The summed E-state index contributed by atoms with van der Waals surface area (Å²) in [6.07, 6.45) is 4.69. The number of halogens is 2. The summed E-state index contributed by atoms with van der Waals surface area (Å²) in [5.41, 5.74) is 0.285. The third-order valence-corrected chi connectivity index (χ3v) is 7.81. The average molecular weight is 551 g/mol. The molecule has 0 amide bonds. The molecule has 0 atom stereocenters. The highest BCUT2D eigenvalue weighted by Crippen LogP contribution is 2.43. The van der Waals surface area contributed by atoms with Gasteiger partial charge in [-0.25, -0.2) is 13.1 Å². The van der Waals surface area contributed by atoms with Crippen LogP contribution in [0.15, 0.2) is 21.3 Å². The van der Waals surface area contributed by atoms with Crippen LogP contribution in [-0.4, -0.2) is 54.8 Å². The second-order valence-electron chi connectivity index (χ2n) is 6.41. The Bertz CT molecular complexity index is 708. The van der Waals surface area contributed by atoms with Gasteiger partial charge in [0.15, 0.2) is 5.96 Å². The summed E-state index contributed by atoms with van der Waals surface area (Å²) < 4.78 is 32.7. The molecular weight excluding hydrogens is 523 g/mol. The van der Waals surface area contributed by atoms with Gasteiger partial charge in [-0.2, -0.15) is 0 Å². The van der Waals surface area contributed by atoms with Crippen LogP contribution in [0.3, 0.4) is 0 Å². The minimum absolute atomic E-state index is 0. The zero-order chi connectivity index (χ0) is 19.0. The summed E-state index contributed by atoms with van der Waals surface area (Å²) in [5, 5.41) is 6.48. The highest BCUT2D eigenvalue weighted by atomic mass is 127. The number of nitrogens with zero attached hydrogens (tertiary/aromatic N) is 1. The van der Waals surface area contributed by atoms with Crippen molar-refractivity contribution in [3.8, 4) is 0 Å². The molecule has 2 rings (SSSR count). The molecule has 156 valence electrons. The lowest BCUT2D eigenvalue weighted by Crippen LogP contribution is -2.48. The Kier molecular flexibility index (Phi) is 10.8. The molecule has 3 N–H and O–H groups in total. The van der Waals surface area contributed by atoms with E-state index in [4.69, 9.17) is 16.3 Å². The lowest BCUT2D eigenvalue weighted by molar-refractivity contribution is 0.0732. The number of ether oxygens (including phenoxy) is 1. The minimum atomic E-state index is -3.51.